The van der Waals surface area contributed by atoms with E-state index in [1.54, 1.807) is 44.4 Å². The Balaban J connectivity index is 1.68. The highest BCUT2D eigenvalue weighted by atomic mass is 16.5. The van der Waals surface area contributed by atoms with Gasteiger partial charge in [0.05, 0.1) is 45.3 Å². The van der Waals surface area contributed by atoms with Crippen LogP contribution in [-0.4, -0.2) is 63.6 Å². The van der Waals surface area contributed by atoms with Crippen LogP contribution >= 0.6 is 0 Å². The molecule has 0 bridgehead atoms. The number of allylic oxidation sites excluding steroid dienone is 1. The lowest BCUT2D eigenvalue weighted by molar-refractivity contribution is -0.136. The van der Waals surface area contributed by atoms with Crippen LogP contribution in [0.3, 0.4) is 0 Å². The van der Waals surface area contributed by atoms with E-state index in [0.29, 0.717) is 47.5 Å². The van der Waals surface area contributed by atoms with Gasteiger partial charge in [0.15, 0.2) is 29.2 Å². The molecule has 1 aliphatic heterocycles. The molecule has 1 heterocycles. The van der Waals surface area contributed by atoms with Crippen molar-refractivity contribution in [2.75, 3.05) is 34.0 Å². The highest BCUT2D eigenvalue weighted by Gasteiger charge is 2.32. The Morgan fingerprint density at radius 2 is 1.74 bits per heavy atom. The molecule has 4 N–H and O–H groups in total. The fourth-order valence-corrected chi connectivity index (χ4v) is 3.86. The first-order valence-corrected chi connectivity index (χ1v) is 12.3. The van der Waals surface area contributed by atoms with E-state index < -0.39 is 24.3 Å². The molecule has 2 atom stereocenters. The van der Waals surface area contributed by atoms with Gasteiger partial charge in [-0.2, -0.15) is 5.10 Å². The van der Waals surface area contributed by atoms with Gasteiger partial charge >= 0.3 is 12.0 Å². The van der Waals surface area contributed by atoms with E-state index in [1.165, 1.54) is 13.3 Å². The highest BCUT2D eigenvalue weighted by Crippen LogP contribution is 2.35. The molecule has 0 aliphatic carbocycles. The molecule has 210 valence electrons. The first-order valence-electron chi connectivity index (χ1n) is 12.3. The zero-order valence-electron chi connectivity index (χ0n) is 22.6. The lowest BCUT2D eigenvalue weighted by Crippen LogP contribution is -2.45. The van der Waals surface area contributed by atoms with Gasteiger partial charge in [0.2, 0.25) is 0 Å². The molecule has 0 saturated carbocycles. The van der Waals surface area contributed by atoms with Crippen LogP contribution in [0, 0.1) is 0 Å². The number of nitrogens with one attached hydrogen (secondary N) is 3. The second-order valence-electron chi connectivity index (χ2n) is 8.26. The standard InChI is InChI=1S/C27H34N4O8/c1-6-37-19-10-8-17(12-21(19)35-4)14-28-31-23(32)15-39-20-11-9-18(13-22(20)38-7-2)25-24(26(33)36-5)16(3)29-27(34)30-25/h8-14,23,25,31-32H,6-7,15H2,1-5H3,(H2,29,30,34)/b28-14-/t23-,25+/m1/s1. The predicted molar refractivity (Wildman–Crippen MR) is 143 cm³/mol. The van der Waals surface area contributed by atoms with Crippen molar-refractivity contribution in [2.24, 2.45) is 5.10 Å². The number of carbonyl (C=O) groups excluding carboxylic acids is 2. The SMILES string of the molecule is CCOc1ccc(/C=N\N[C@H](O)COc2ccc([C@@H]3NC(=O)NC(C)=C3C(=O)OC)cc2OCC)cc1OC. The molecule has 0 radical (unpaired) electrons. The van der Waals surface area contributed by atoms with E-state index in [4.69, 9.17) is 23.7 Å². The van der Waals surface area contributed by atoms with Crippen LogP contribution in [0.2, 0.25) is 0 Å². The summed E-state index contributed by atoms with van der Waals surface area (Å²) in [7, 11) is 2.83. The number of benzene rings is 2. The maximum absolute atomic E-state index is 12.4. The topological polar surface area (TPSA) is 149 Å². The molecule has 12 nitrogen and oxygen atoms in total. The van der Waals surface area contributed by atoms with Crippen molar-refractivity contribution >= 4 is 18.2 Å². The van der Waals surface area contributed by atoms with Crippen molar-refractivity contribution in [2.45, 2.75) is 33.0 Å². The third kappa shape index (κ3) is 7.54. The van der Waals surface area contributed by atoms with E-state index in [0.717, 1.165) is 5.56 Å². The summed E-state index contributed by atoms with van der Waals surface area (Å²) in [6, 6.07) is 9.17. The minimum absolute atomic E-state index is 0.139. The summed E-state index contributed by atoms with van der Waals surface area (Å²) in [5.74, 6) is 1.38. The molecule has 0 unspecified atom stereocenters. The molecule has 0 spiro atoms. The van der Waals surface area contributed by atoms with E-state index >= 15 is 0 Å². The second-order valence-corrected chi connectivity index (χ2v) is 8.26. The van der Waals surface area contributed by atoms with Crippen LogP contribution < -0.4 is 35.0 Å². The summed E-state index contributed by atoms with van der Waals surface area (Å²) >= 11 is 0. The van der Waals surface area contributed by atoms with Crippen LogP contribution in [-0.2, 0) is 9.53 Å². The van der Waals surface area contributed by atoms with Crippen molar-refractivity contribution in [3.63, 3.8) is 0 Å². The lowest BCUT2D eigenvalue weighted by atomic mass is 9.95. The molecule has 2 aromatic rings. The largest absolute Gasteiger partial charge is 0.493 e. The Morgan fingerprint density at radius 3 is 2.44 bits per heavy atom. The number of hydrogen-bond acceptors (Lipinski definition) is 10. The van der Waals surface area contributed by atoms with Crippen LogP contribution in [0.15, 0.2) is 52.8 Å². The number of hydrazone groups is 1. The van der Waals surface area contributed by atoms with Crippen molar-refractivity contribution in [1.29, 1.82) is 0 Å². The van der Waals surface area contributed by atoms with E-state index in [2.05, 4.69) is 21.2 Å². The van der Waals surface area contributed by atoms with Gasteiger partial charge in [-0.1, -0.05) is 6.07 Å². The first kappa shape index (κ1) is 29.1. The zero-order chi connectivity index (χ0) is 28.4. The van der Waals surface area contributed by atoms with Crippen molar-refractivity contribution in [1.82, 2.24) is 16.1 Å². The molecule has 3 rings (SSSR count). The molecule has 0 aromatic heterocycles. The third-order valence-electron chi connectivity index (χ3n) is 5.60. The average Bonchev–Trinajstić information content (AvgIpc) is 2.92. The molecule has 12 heteroatoms. The molecule has 39 heavy (non-hydrogen) atoms. The molecule has 1 aliphatic rings. The Morgan fingerprint density at radius 1 is 1.05 bits per heavy atom. The van der Waals surface area contributed by atoms with Crippen LogP contribution in [0.1, 0.15) is 37.9 Å². The normalized spacial score (nSPS) is 15.7. The monoisotopic (exact) mass is 542 g/mol. The summed E-state index contributed by atoms with van der Waals surface area (Å²) < 4.78 is 27.2. The van der Waals surface area contributed by atoms with E-state index in [-0.39, 0.29) is 12.2 Å². The Bertz CT molecular complexity index is 1230. The number of urea groups is 1. The molecule has 2 amide bonds. The minimum atomic E-state index is -1.12. The molecule has 2 aromatic carbocycles. The molecule has 0 fully saturated rings. The fraction of sp³-hybridized carbons (Fsp3) is 0.370. The van der Waals surface area contributed by atoms with Gasteiger partial charge in [0, 0.05) is 5.70 Å². The summed E-state index contributed by atoms with van der Waals surface area (Å²) in [6.07, 6.45) is 0.407. The summed E-state index contributed by atoms with van der Waals surface area (Å²) in [4.78, 5) is 24.5. The number of esters is 1. The smallest absolute Gasteiger partial charge is 0.337 e. The number of ether oxygens (including phenoxy) is 5. The molecular formula is C27H34N4O8. The lowest BCUT2D eigenvalue weighted by Gasteiger charge is -2.28. The van der Waals surface area contributed by atoms with E-state index in [9.17, 15) is 14.7 Å². The second kappa shape index (κ2) is 13.9. The van der Waals surface area contributed by atoms with Crippen LogP contribution in [0.4, 0.5) is 4.79 Å². The number of rotatable bonds is 13. The minimum Gasteiger partial charge on any atom is -0.493 e. The number of nitrogens with zero attached hydrogens (tertiary/aromatic N) is 1. The van der Waals surface area contributed by atoms with Crippen molar-refractivity contribution < 1.29 is 38.4 Å². The van der Waals surface area contributed by atoms with Gasteiger partial charge in [-0.15, -0.1) is 0 Å². The summed E-state index contributed by atoms with van der Waals surface area (Å²) in [5.41, 5.74) is 4.61. The number of hydrogen-bond donors (Lipinski definition) is 4. The van der Waals surface area contributed by atoms with Crippen LogP contribution in [0.25, 0.3) is 0 Å². The third-order valence-corrected chi connectivity index (χ3v) is 5.60. The number of aliphatic hydroxyl groups excluding tert-OH is 1. The molecular weight excluding hydrogens is 508 g/mol. The van der Waals surface area contributed by atoms with Crippen molar-refractivity contribution in [3.8, 4) is 23.0 Å². The Labute approximate surface area is 226 Å². The molecule has 0 saturated heterocycles. The first-order chi connectivity index (χ1) is 18.8. The highest BCUT2D eigenvalue weighted by molar-refractivity contribution is 5.95. The van der Waals surface area contributed by atoms with Crippen LogP contribution in [0.5, 0.6) is 23.0 Å². The number of aliphatic hydroxyl groups is 1. The predicted octanol–water partition coefficient (Wildman–Crippen LogP) is 2.61. The Kier molecular flexibility index (Phi) is 10.4. The fourth-order valence-electron chi connectivity index (χ4n) is 3.86. The summed E-state index contributed by atoms with van der Waals surface area (Å²) in [6.45, 7) is 6.05. The van der Waals surface area contributed by atoms with Gasteiger partial charge in [-0.25, -0.2) is 9.59 Å². The zero-order valence-corrected chi connectivity index (χ0v) is 22.6. The van der Waals surface area contributed by atoms with Gasteiger partial charge < -0.3 is 39.4 Å². The van der Waals surface area contributed by atoms with Gasteiger partial charge in [-0.05, 0) is 62.2 Å². The van der Waals surface area contributed by atoms with E-state index in [1.807, 2.05) is 19.9 Å². The summed E-state index contributed by atoms with van der Waals surface area (Å²) in [5, 5.41) is 19.7. The average molecular weight is 543 g/mol. The maximum Gasteiger partial charge on any atom is 0.337 e. The number of amides is 2. The maximum atomic E-state index is 12.4. The number of methoxy groups -OCH3 is 2. The Hall–Kier alpha value is -4.45. The quantitative estimate of drug-likeness (QED) is 0.130. The number of carbonyl (C=O) groups is 2. The van der Waals surface area contributed by atoms with Crippen molar-refractivity contribution in [3.05, 3.63) is 58.8 Å². The van der Waals surface area contributed by atoms with Gasteiger partial charge in [0.25, 0.3) is 0 Å². The van der Waals surface area contributed by atoms with Gasteiger partial charge in [0.1, 0.15) is 6.61 Å². The van der Waals surface area contributed by atoms with Gasteiger partial charge in [-0.3, -0.25) is 5.43 Å².